The van der Waals surface area contributed by atoms with Crippen molar-refractivity contribution in [1.29, 1.82) is 0 Å². The highest BCUT2D eigenvalue weighted by atomic mass is 35.5. The van der Waals surface area contributed by atoms with Gasteiger partial charge < -0.3 is 23.8 Å². The van der Waals surface area contributed by atoms with Crippen molar-refractivity contribution in [2.45, 2.75) is 31.1 Å². The molecule has 1 aromatic carbocycles. The normalized spacial score (nSPS) is 22.9. The smallest absolute Gasteiger partial charge is 0.253 e. The number of aromatic nitrogens is 2. The minimum atomic E-state index is -0.662. The lowest BCUT2D eigenvalue weighted by atomic mass is 9.88. The van der Waals surface area contributed by atoms with E-state index in [-0.39, 0.29) is 11.8 Å². The summed E-state index contributed by atoms with van der Waals surface area (Å²) >= 11 is 5.94. The number of halogens is 1. The maximum absolute atomic E-state index is 13.1. The number of ether oxygens (including phenoxy) is 2. The molecule has 2 saturated heterocycles. The van der Waals surface area contributed by atoms with Crippen molar-refractivity contribution < 1.29 is 19.1 Å². The summed E-state index contributed by atoms with van der Waals surface area (Å²) in [6, 6.07) is 6.94. The Bertz CT molecular complexity index is 962. The molecule has 8 nitrogen and oxygen atoms in total. The van der Waals surface area contributed by atoms with Gasteiger partial charge in [0, 0.05) is 62.0 Å². The molecule has 2 aromatic rings. The fourth-order valence-corrected chi connectivity index (χ4v) is 4.83. The van der Waals surface area contributed by atoms with Crippen LogP contribution in [0, 0.1) is 0 Å². The minimum Gasteiger partial charge on any atom is -0.378 e. The van der Waals surface area contributed by atoms with Gasteiger partial charge in [0.25, 0.3) is 11.8 Å². The van der Waals surface area contributed by atoms with Crippen molar-refractivity contribution in [3.63, 3.8) is 0 Å². The van der Waals surface area contributed by atoms with E-state index in [4.69, 9.17) is 21.1 Å². The zero-order valence-electron chi connectivity index (χ0n) is 17.2. The molecule has 1 atom stereocenters. The van der Waals surface area contributed by atoms with Gasteiger partial charge in [0.05, 0.1) is 19.8 Å². The number of piperidine rings is 1. The summed E-state index contributed by atoms with van der Waals surface area (Å²) in [6.07, 6.45) is 4.29. The van der Waals surface area contributed by atoms with Crippen LogP contribution in [0.3, 0.4) is 0 Å². The average molecular weight is 445 g/mol. The number of amides is 2. The summed E-state index contributed by atoms with van der Waals surface area (Å²) in [4.78, 5) is 34.2. The van der Waals surface area contributed by atoms with Crippen LogP contribution in [0.1, 0.15) is 29.0 Å². The Morgan fingerprint density at radius 2 is 1.74 bits per heavy atom. The average Bonchev–Trinajstić information content (AvgIpc) is 3.30. The summed E-state index contributed by atoms with van der Waals surface area (Å²) in [5, 5.41) is 0.604. The van der Waals surface area contributed by atoms with Gasteiger partial charge in [-0.05, 0) is 24.3 Å². The van der Waals surface area contributed by atoms with E-state index in [0.29, 0.717) is 69.4 Å². The molecule has 0 saturated carbocycles. The molecule has 9 heteroatoms. The van der Waals surface area contributed by atoms with Gasteiger partial charge in [-0.15, -0.1) is 0 Å². The number of carbonyl (C=O) groups excluding carboxylic acids is 2. The summed E-state index contributed by atoms with van der Waals surface area (Å²) < 4.78 is 13.9. The zero-order valence-corrected chi connectivity index (χ0v) is 18.0. The molecule has 164 valence electrons. The Morgan fingerprint density at radius 1 is 1.03 bits per heavy atom. The van der Waals surface area contributed by atoms with E-state index in [9.17, 15) is 9.59 Å². The van der Waals surface area contributed by atoms with E-state index < -0.39 is 11.7 Å². The number of hydrogen-bond acceptors (Lipinski definition) is 5. The van der Waals surface area contributed by atoms with E-state index >= 15 is 0 Å². The molecule has 1 unspecified atom stereocenters. The topological polar surface area (TPSA) is 76.9 Å². The number of benzene rings is 1. The van der Waals surface area contributed by atoms with Gasteiger partial charge in [0.15, 0.2) is 6.10 Å². The first-order valence-corrected chi connectivity index (χ1v) is 11.0. The number of rotatable bonds is 2. The Kier molecular flexibility index (Phi) is 5.45. The number of carbonyl (C=O) groups is 2. The Hall–Kier alpha value is -2.42. The van der Waals surface area contributed by atoms with Crippen molar-refractivity contribution >= 4 is 23.4 Å². The fourth-order valence-electron chi connectivity index (χ4n) is 4.70. The third-order valence-corrected chi connectivity index (χ3v) is 6.65. The molecule has 0 N–H and O–H groups in total. The number of fused-ring (bicyclic) bond motifs is 2. The standard InChI is InChI=1S/C22H25ClN4O4/c23-17-3-1-16(2-4-17)19(28)25-8-5-22(6-9-25)21-24-7-10-27(21)15-18(31-22)20(29)26-11-13-30-14-12-26/h1-4,7,10,18H,5-6,8-9,11-15H2. The highest BCUT2D eigenvalue weighted by Crippen LogP contribution is 2.40. The van der Waals surface area contributed by atoms with Gasteiger partial charge in [0.1, 0.15) is 11.4 Å². The van der Waals surface area contributed by atoms with Gasteiger partial charge >= 0.3 is 0 Å². The number of likely N-dealkylation sites (tertiary alicyclic amines) is 1. The molecule has 1 aromatic heterocycles. The largest absolute Gasteiger partial charge is 0.378 e. The molecule has 0 aliphatic carbocycles. The van der Waals surface area contributed by atoms with Crippen LogP contribution in [0.25, 0.3) is 0 Å². The monoisotopic (exact) mass is 444 g/mol. The first-order chi connectivity index (χ1) is 15.1. The van der Waals surface area contributed by atoms with Crippen LogP contribution in [0.5, 0.6) is 0 Å². The zero-order chi connectivity index (χ0) is 21.4. The maximum Gasteiger partial charge on any atom is 0.253 e. The molecular formula is C22H25ClN4O4. The van der Waals surface area contributed by atoms with Gasteiger partial charge in [-0.3, -0.25) is 9.59 Å². The molecule has 2 amide bonds. The van der Waals surface area contributed by atoms with E-state index in [2.05, 4.69) is 4.98 Å². The lowest BCUT2D eigenvalue weighted by Gasteiger charge is -2.46. The molecular weight excluding hydrogens is 420 g/mol. The summed E-state index contributed by atoms with van der Waals surface area (Å²) in [5.41, 5.74) is -0.0442. The lowest BCUT2D eigenvalue weighted by Crippen LogP contribution is -2.56. The van der Waals surface area contributed by atoms with Crippen molar-refractivity contribution in [3.05, 3.63) is 53.1 Å². The quantitative estimate of drug-likeness (QED) is 0.707. The van der Waals surface area contributed by atoms with Crippen LogP contribution in [0.2, 0.25) is 5.02 Å². The van der Waals surface area contributed by atoms with Crippen LogP contribution >= 0.6 is 11.6 Å². The maximum atomic E-state index is 13.1. The summed E-state index contributed by atoms with van der Waals surface area (Å²) in [6.45, 7) is 3.82. The molecule has 5 rings (SSSR count). The molecule has 31 heavy (non-hydrogen) atoms. The number of hydrogen-bond donors (Lipinski definition) is 0. The number of imidazole rings is 1. The highest BCUT2D eigenvalue weighted by molar-refractivity contribution is 6.30. The van der Waals surface area contributed by atoms with E-state index in [1.807, 2.05) is 20.6 Å². The minimum absolute atomic E-state index is 0.00157. The number of morpholine rings is 1. The SMILES string of the molecule is O=C(c1ccc(Cl)cc1)N1CCC2(CC1)OC(C(=O)N1CCOCC1)Cn1ccnc12. The summed E-state index contributed by atoms with van der Waals surface area (Å²) in [7, 11) is 0. The summed E-state index contributed by atoms with van der Waals surface area (Å²) in [5.74, 6) is 0.824. The third-order valence-electron chi connectivity index (χ3n) is 6.40. The fraction of sp³-hybridized carbons (Fsp3) is 0.500. The van der Waals surface area contributed by atoms with E-state index in [1.165, 1.54) is 0 Å². The molecule has 2 fully saturated rings. The molecule has 1 spiro atoms. The second kappa shape index (κ2) is 8.26. The third kappa shape index (κ3) is 3.84. The van der Waals surface area contributed by atoms with Gasteiger partial charge in [-0.1, -0.05) is 11.6 Å². The first kappa shape index (κ1) is 20.5. The second-order valence-electron chi connectivity index (χ2n) is 8.24. The van der Waals surface area contributed by atoms with Gasteiger partial charge in [-0.25, -0.2) is 4.98 Å². The van der Waals surface area contributed by atoms with Gasteiger partial charge in [0.2, 0.25) is 0 Å². The van der Waals surface area contributed by atoms with Crippen molar-refractivity contribution in [2.24, 2.45) is 0 Å². The molecule has 3 aliphatic rings. The van der Waals surface area contributed by atoms with Crippen LogP contribution in [-0.2, 0) is 26.4 Å². The molecule has 0 bridgehead atoms. The lowest BCUT2D eigenvalue weighted by molar-refractivity contribution is -0.182. The van der Waals surface area contributed by atoms with Crippen molar-refractivity contribution in [2.75, 3.05) is 39.4 Å². The van der Waals surface area contributed by atoms with Crippen LogP contribution in [-0.4, -0.2) is 76.7 Å². The van der Waals surface area contributed by atoms with Crippen molar-refractivity contribution in [1.82, 2.24) is 19.4 Å². The Morgan fingerprint density at radius 3 is 2.45 bits per heavy atom. The van der Waals surface area contributed by atoms with Gasteiger partial charge in [-0.2, -0.15) is 0 Å². The Balaban J connectivity index is 1.32. The Labute approximate surface area is 185 Å². The number of nitrogens with zero attached hydrogens (tertiary/aromatic N) is 4. The highest BCUT2D eigenvalue weighted by Gasteiger charge is 2.48. The predicted molar refractivity (Wildman–Crippen MR) is 113 cm³/mol. The van der Waals surface area contributed by atoms with Crippen LogP contribution in [0.15, 0.2) is 36.7 Å². The van der Waals surface area contributed by atoms with E-state index in [0.717, 1.165) is 5.82 Å². The molecule has 0 radical (unpaired) electrons. The van der Waals surface area contributed by atoms with Crippen LogP contribution < -0.4 is 0 Å². The van der Waals surface area contributed by atoms with Crippen molar-refractivity contribution in [3.8, 4) is 0 Å². The molecule has 4 heterocycles. The van der Waals surface area contributed by atoms with Crippen LogP contribution in [0.4, 0.5) is 0 Å². The van der Waals surface area contributed by atoms with E-state index in [1.54, 1.807) is 30.5 Å². The molecule has 3 aliphatic heterocycles. The second-order valence-corrected chi connectivity index (χ2v) is 8.68. The predicted octanol–water partition coefficient (Wildman–Crippen LogP) is 1.93. The first-order valence-electron chi connectivity index (χ1n) is 10.7.